The van der Waals surface area contributed by atoms with Crippen LogP contribution in [0.4, 0.5) is 5.69 Å². The predicted molar refractivity (Wildman–Crippen MR) is 177 cm³/mol. The van der Waals surface area contributed by atoms with Crippen LogP contribution in [-0.2, 0) is 28.3 Å². The third-order valence-electron chi connectivity index (χ3n) is 8.60. The van der Waals surface area contributed by atoms with Gasteiger partial charge in [-0.15, -0.1) is 0 Å². The number of benzene rings is 4. The van der Waals surface area contributed by atoms with E-state index in [1.807, 2.05) is 72.8 Å². The highest BCUT2D eigenvalue weighted by Crippen LogP contribution is 2.46. The SMILES string of the molecule is C[C@H](/C=C/CC(=O)N(CCO)Cc1ccccc1)[C@@]1(O)C(=O)N(Cc2ccccc2)c2ccc(-n3[nH]c4ccccc4c3=O)cc21. The Balaban J connectivity index is 1.31. The van der Waals surface area contributed by atoms with Crippen molar-refractivity contribution in [3.05, 3.63) is 142 Å². The number of carbonyl (C=O) groups is 2. The zero-order valence-corrected chi connectivity index (χ0v) is 25.5. The molecule has 2 amide bonds. The smallest absolute Gasteiger partial charge is 0.279 e. The van der Waals surface area contributed by atoms with Crippen molar-refractivity contribution in [3.63, 3.8) is 0 Å². The summed E-state index contributed by atoms with van der Waals surface area (Å²) in [6, 6.07) is 31.5. The zero-order valence-electron chi connectivity index (χ0n) is 25.5. The number of hydrogen-bond acceptors (Lipinski definition) is 5. The summed E-state index contributed by atoms with van der Waals surface area (Å²) in [6.45, 7) is 2.39. The van der Waals surface area contributed by atoms with Crippen LogP contribution in [0.3, 0.4) is 0 Å². The highest BCUT2D eigenvalue weighted by Gasteiger charge is 2.52. The van der Waals surface area contributed by atoms with Gasteiger partial charge in [0.2, 0.25) is 5.91 Å². The Morgan fingerprint density at radius 3 is 2.30 bits per heavy atom. The van der Waals surface area contributed by atoms with Crippen LogP contribution in [0.5, 0.6) is 0 Å². The largest absolute Gasteiger partial charge is 0.395 e. The number of amides is 2. The number of rotatable bonds is 11. The first-order valence-corrected chi connectivity index (χ1v) is 15.3. The molecule has 5 aromatic rings. The fourth-order valence-corrected chi connectivity index (χ4v) is 6.10. The summed E-state index contributed by atoms with van der Waals surface area (Å²) in [5.74, 6) is -1.39. The molecule has 0 unspecified atom stereocenters. The first-order chi connectivity index (χ1) is 22.3. The number of aliphatic hydroxyl groups is 2. The van der Waals surface area contributed by atoms with E-state index in [0.29, 0.717) is 34.4 Å². The molecule has 0 bridgehead atoms. The summed E-state index contributed by atoms with van der Waals surface area (Å²) in [7, 11) is 0. The van der Waals surface area contributed by atoms with Crippen LogP contribution in [-0.4, -0.2) is 49.9 Å². The molecule has 3 N–H and O–H groups in total. The van der Waals surface area contributed by atoms with E-state index in [2.05, 4.69) is 5.10 Å². The van der Waals surface area contributed by atoms with Crippen molar-refractivity contribution in [1.82, 2.24) is 14.7 Å². The third kappa shape index (κ3) is 5.78. The summed E-state index contributed by atoms with van der Waals surface area (Å²) < 4.78 is 1.41. The average molecular weight is 617 g/mol. The number of fused-ring (bicyclic) bond motifs is 2. The van der Waals surface area contributed by atoms with Crippen LogP contribution in [0, 0.1) is 5.92 Å². The minimum atomic E-state index is -1.95. The van der Waals surface area contributed by atoms with Gasteiger partial charge in [-0.05, 0) is 41.5 Å². The molecule has 0 aliphatic carbocycles. The van der Waals surface area contributed by atoms with E-state index in [0.717, 1.165) is 11.1 Å². The summed E-state index contributed by atoms with van der Waals surface area (Å²) in [5, 5.41) is 25.5. The number of para-hydroxylation sites is 1. The molecule has 2 atom stereocenters. The number of anilines is 1. The maximum Gasteiger partial charge on any atom is 0.279 e. The molecule has 4 aromatic carbocycles. The molecule has 0 saturated carbocycles. The number of aliphatic hydroxyl groups excluding tert-OH is 1. The Morgan fingerprint density at radius 1 is 0.935 bits per heavy atom. The molecular weight excluding hydrogens is 580 g/mol. The lowest BCUT2D eigenvalue weighted by molar-refractivity contribution is -0.139. The van der Waals surface area contributed by atoms with E-state index in [9.17, 15) is 24.6 Å². The molecule has 46 heavy (non-hydrogen) atoms. The van der Waals surface area contributed by atoms with Crippen molar-refractivity contribution in [2.24, 2.45) is 5.92 Å². The van der Waals surface area contributed by atoms with Gasteiger partial charge in [0.05, 0.1) is 35.4 Å². The lowest BCUT2D eigenvalue weighted by Crippen LogP contribution is -2.44. The fraction of sp³-hybridized carbons (Fsp3) is 0.216. The number of carbonyl (C=O) groups excluding carboxylic acids is 2. The molecule has 9 nitrogen and oxygen atoms in total. The fourth-order valence-electron chi connectivity index (χ4n) is 6.10. The lowest BCUT2D eigenvalue weighted by Gasteiger charge is -2.28. The highest BCUT2D eigenvalue weighted by molar-refractivity contribution is 6.07. The predicted octanol–water partition coefficient (Wildman–Crippen LogP) is 4.66. The molecule has 0 spiro atoms. The Morgan fingerprint density at radius 2 is 1.61 bits per heavy atom. The molecule has 1 aliphatic heterocycles. The van der Waals surface area contributed by atoms with Gasteiger partial charge in [-0.2, -0.15) is 0 Å². The van der Waals surface area contributed by atoms with Crippen molar-refractivity contribution in [2.45, 2.75) is 32.0 Å². The standard InChI is InChI=1S/C37H36N4O5/c1-26(11-10-18-34(43)39(21-22-42)24-27-12-4-2-5-13-27)37(46)31-23-29(41-35(44)30-16-8-9-17-32(30)38-41)19-20-33(31)40(36(37)45)25-28-14-6-3-7-15-28/h2-17,19-20,23,26,38,42,46H,18,21-22,24-25H2,1H3/b11-10+/t26-,37+/m1/s1. The monoisotopic (exact) mass is 616 g/mol. The van der Waals surface area contributed by atoms with E-state index < -0.39 is 17.4 Å². The van der Waals surface area contributed by atoms with Gasteiger partial charge >= 0.3 is 0 Å². The second-order valence-electron chi connectivity index (χ2n) is 11.6. The van der Waals surface area contributed by atoms with Gasteiger partial charge in [-0.3, -0.25) is 19.5 Å². The van der Waals surface area contributed by atoms with Crippen LogP contribution in [0.1, 0.15) is 30.0 Å². The summed E-state index contributed by atoms with van der Waals surface area (Å²) in [5.41, 5.74) is 1.76. The van der Waals surface area contributed by atoms with E-state index in [-0.39, 0.29) is 37.6 Å². The lowest BCUT2D eigenvalue weighted by atomic mass is 9.82. The van der Waals surface area contributed by atoms with E-state index >= 15 is 0 Å². The Bertz CT molecular complexity index is 1950. The van der Waals surface area contributed by atoms with Crippen LogP contribution >= 0.6 is 0 Å². The normalized spacial score (nSPS) is 16.7. The van der Waals surface area contributed by atoms with E-state index in [1.165, 1.54) is 4.68 Å². The Kier molecular flexibility index (Phi) is 8.70. The van der Waals surface area contributed by atoms with Gasteiger partial charge in [-0.1, -0.05) is 91.9 Å². The maximum absolute atomic E-state index is 14.1. The molecule has 1 aromatic heterocycles. The van der Waals surface area contributed by atoms with Gasteiger partial charge in [0.25, 0.3) is 11.5 Å². The van der Waals surface area contributed by atoms with Crippen molar-refractivity contribution in [1.29, 1.82) is 0 Å². The molecule has 2 heterocycles. The van der Waals surface area contributed by atoms with Gasteiger partial charge in [0.15, 0.2) is 5.60 Å². The molecule has 6 rings (SSSR count). The molecule has 234 valence electrons. The van der Waals surface area contributed by atoms with Gasteiger partial charge < -0.3 is 20.0 Å². The van der Waals surface area contributed by atoms with Crippen molar-refractivity contribution in [2.75, 3.05) is 18.1 Å². The number of H-pyrrole nitrogens is 1. The molecule has 1 aliphatic rings. The average Bonchev–Trinajstić information content (AvgIpc) is 3.52. The minimum Gasteiger partial charge on any atom is -0.395 e. The Labute approximate surface area is 266 Å². The number of aromatic amines is 1. The van der Waals surface area contributed by atoms with Crippen LogP contribution in [0.15, 0.2) is 120 Å². The Hall–Kier alpha value is -5.25. The number of nitrogens with zero attached hydrogens (tertiary/aromatic N) is 3. The number of aromatic nitrogens is 2. The molecule has 0 radical (unpaired) electrons. The number of hydrogen-bond donors (Lipinski definition) is 3. The van der Waals surface area contributed by atoms with E-state index in [4.69, 9.17) is 0 Å². The third-order valence-corrected chi connectivity index (χ3v) is 8.60. The highest BCUT2D eigenvalue weighted by atomic mass is 16.3. The van der Waals surface area contributed by atoms with E-state index in [1.54, 1.807) is 59.2 Å². The molecule has 0 saturated heterocycles. The van der Waals surface area contributed by atoms with Gasteiger partial charge in [-0.25, -0.2) is 4.68 Å². The number of nitrogens with one attached hydrogen (secondary N) is 1. The topological polar surface area (TPSA) is 119 Å². The molecule has 9 heteroatoms. The van der Waals surface area contributed by atoms with Crippen LogP contribution in [0.25, 0.3) is 16.6 Å². The molecule has 0 fully saturated rings. The summed E-state index contributed by atoms with van der Waals surface area (Å²) >= 11 is 0. The second kappa shape index (κ2) is 13.0. The van der Waals surface area contributed by atoms with Crippen LogP contribution in [0.2, 0.25) is 0 Å². The summed E-state index contributed by atoms with van der Waals surface area (Å²) in [6.07, 6.45) is 3.39. The quantitative estimate of drug-likeness (QED) is 0.187. The second-order valence-corrected chi connectivity index (χ2v) is 11.6. The van der Waals surface area contributed by atoms with Gasteiger partial charge in [0, 0.05) is 31.0 Å². The first-order valence-electron chi connectivity index (χ1n) is 15.3. The van der Waals surface area contributed by atoms with Crippen molar-refractivity contribution < 1.29 is 19.8 Å². The zero-order chi connectivity index (χ0) is 32.3. The van der Waals surface area contributed by atoms with Crippen molar-refractivity contribution in [3.8, 4) is 5.69 Å². The molecular formula is C37H36N4O5. The summed E-state index contributed by atoms with van der Waals surface area (Å²) in [4.78, 5) is 43.7. The van der Waals surface area contributed by atoms with Crippen molar-refractivity contribution >= 4 is 28.4 Å². The maximum atomic E-state index is 14.1. The van der Waals surface area contributed by atoms with Gasteiger partial charge in [0.1, 0.15) is 0 Å². The minimum absolute atomic E-state index is 0.0343. The van der Waals surface area contributed by atoms with Crippen LogP contribution < -0.4 is 10.5 Å². The first kappa shape index (κ1) is 30.8.